The summed E-state index contributed by atoms with van der Waals surface area (Å²) in [6.07, 6.45) is 2.25. The Morgan fingerprint density at radius 1 is 1.25 bits per heavy atom. The van der Waals surface area contributed by atoms with Gasteiger partial charge >= 0.3 is 5.97 Å². The molecule has 0 saturated carbocycles. The maximum Gasteiger partial charge on any atom is 0.335 e. The van der Waals surface area contributed by atoms with Gasteiger partial charge in [-0.05, 0) is 36.8 Å². The van der Waals surface area contributed by atoms with Crippen molar-refractivity contribution >= 4 is 17.6 Å². The van der Waals surface area contributed by atoms with E-state index >= 15 is 0 Å². The average Bonchev–Trinajstić information content (AvgIpc) is 2.38. The molecule has 0 aliphatic heterocycles. The number of halogens is 1. The number of carboxylic acid groups (broad SMARTS) is 1. The zero-order chi connectivity index (χ0) is 14.7. The third kappa shape index (κ3) is 2.97. The minimum atomic E-state index is -1.03. The normalized spacial score (nSPS) is 10.1. The SMILES string of the molecule is Cc1cc(NC(=O)c2cncc(F)c2)ccc1C(=O)O. The second-order valence-electron chi connectivity index (χ2n) is 4.18. The summed E-state index contributed by atoms with van der Waals surface area (Å²) in [7, 11) is 0. The van der Waals surface area contributed by atoms with Crippen molar-refractivity contribution in [3.63, 3.8) is 0 Å². The van der Waals surface area contributed by atoms with Crippen molar-refractivity contribution in [1.29, 1.82) is 0 Å². The molecule has 1 aromatic carbocycles. The highest BCUT2D eigenvalue weighted by Crippen LogP contribution is 2.16. The van der Waals surface area contributed by atoms with Crippen LogP contribution in [0.3, 0.4) is 0 Å². The van der Waals surface area contributed by atoms with Crippen LogP contribution in [0.15, 0.2) is 36.7 Å². The van der Waals surface area contributed by atoms with E-state index in [1.54, 1.807) is 6.92 Å². The number of aromatic nitrogens is 1. The van der Waals surface area contributed by atoms with E-state index in [1.807, 2.05) is 0 Å². The molecule has 2 aromatic rings. The molecule has 2 rings (SSSR count). The van der Waals surface area contributed by atoms with Crippen LogP contribution in [0, 0.1) is 12.7 Å². The second-order valence-corrected chi connectivity index (χ2v) is 4.18. The fraction of sp³-hybridized carbons (Fsp3) is 0.0714. The Hall–Kier alpha value is -2.76. The molecular formula is C14H11FN2O3. The smallest absolute Gasteiger partial charge is 0.335 e. The fourth-order valence-electron chi connectivity index (χ4n) is 1.72. The van der Waals surface area contributed by atoms with Gasteiger partial charge in [-0.3, -0.25) is 9.78 Å². The van der Waals surface area contributed by atoms with Gasteiger partial charge in [-0.1, -0.05) is 0 Å². The van der Waals surface area contributed by atoms with Crippen LogP contribution in [0.1, 0.15) is 26.3 Å². The molecular weight excluding hydrogens is 263 g/mol. The molecule has 0 saturated heterocycles. The predicted octanol–water partition coefficient (Wildman–Crippen LogP) is 2.48. The molecule has 0 fully saturated rings. The van der Waals surface area contributed by atoms with Crippen molar-refractivity contribution in [2.45, 2.75) is 6.92 Å². The van der Waals surface area contributed by atoms with Crippen molar-refractivity contribution < 1.29 is 19.1 Å². The van der Waals surface area contributed by atoms with Crippen molar-refractivity contribution in [3.8, 4) is 0 Å². The molecule has 0 radical (unpaired) electrons. The largest absolute Gasteiger partial charge is 0.478 e. The molecule has 1 amide bonds. The van der Waals surface area contributed by atoms with Crippen molar-refractivity contribution in [2.24, 2.45) is 0 Å². The van der Waals surface area contributed by atoms with Crippen molar-refractivity contribution in [2.75, 3.05) is 5.32 Å². The van der Waals surface area contributed by atoms with E-state index in [-0.39, 0.29) is 11.1 Å². The van der Waals surface area contributed by atoms with Gasteiger partial charge < -0.3 is 10.4 Å². The lowest BCUT2D eigenvalue weighted by molar-refractivity contribution is 0.0696. The van der Waals surface area contributed by atoms with Gasteiger partial charge in [0.15, 0.2) is 0 Å². The number of carbonyl (C=O) groups excluding carboxylic acids is 1. The van der Waals surface area contributed by atoms with Gasteiger partial charge in [0.05, 0.1) is 17.3 Å². The maximum atomic E-state index is 13.0. The Morgan fingerprint density at radius 3 is 2.60 bits per heavy atom. The van der Waals surface area contributed by atoms with E-state index in [4.69, 9.17) is 5.11 Å². The number of aromatic carboxylic acids is 1. The quantitative estimate of drug-likeness (QED) is 0.901. The Balaban J connectivity index is 2.20. The van der Waals surface area contributed by atoms with Crippen molar-refractivity contribution in [3.05, 3.63) is 59.2 Å². The van der Waals surface area contributed by atoms with E-state index in [1.165, 1.54) is 24.4 Å². The number of nitrogens with zero attached hydrogens (tertiary/aromatic N) is 1. The lowest BCUT2D eigenvalue weighted by Crippen LogP contribution is -2.13. The van der Waals surface area contributed by atoms with Gasteiger partial charge in [0.1, 0.15) is 5.82 Å². The van der Waals surface area contributed by atoms with Gasteiger partial charge in [-0.2, -0.15) is 0 Å². The fourth-order valence-corrected chi connectivity index (χ4v) is 1.72. The number of amides is 1. The molecule has 0 aliphatic rings. The van der Waals surface area contributed by atoms with Gasteiger partial charge in [0.25, 0.3) is 5.91 Å². The minimum Gasteiger partial charge on any atom is -0.478 e. The first-order valence-electron chi connectivity index (χ1n) is 5.73. The molecule has 5 nitrogen and oxygen atoms in total. The van der Waals surface area contributed by atoms with Crippen LogP contribution in [0.4, 0.5) is 10.1 Å². The van der Waals surface area contributed by atoms with Crippen LogP contribution in [0.25, 0.3) is 0 Å². The predicted molar refractivity (Wildman–Crippen MR) is 70.3 cm³/mol. The standard InChI is InChI=1S/C14H11FN2O3/c1-8-4-11(2-3-12(8)14(19)20)17-13(18)9-5-10(15)7-16-6-9/h2-7H,1H3,(H,17,18)(H,19,20). The number of rotatable bonds is 3. The van der Waals surface area contributed by atoms with Gasteiger partial charge in [0, 0.05) is 11.9 Å². The lowest BCUT2D eigenvalue weighted by Gasteiger charge is -2.07. The van der Waals surface area contributed by atoms with Gasteiger partial charge in [-0.15, -0.1) is 0 Å². The molecule has 102 valence electrons. The Labute approximate surface area is 114 Å². The third-order valence-electron chi connectivity index (χ3n) is 2.68. The zero-order valence-corrected chi connectivity index (χ0v) is 10.6. The first-order chi connectivity index (χ1) is 9.47. The zero-order valence-electron chi connectivity index (χ0n) is 10.6. The molecule has 0 aliphatic carbocycles. The molecule has 0 spiro atoms. The average molecular weight is 274 g/mol. The van der Waals surface area contributed by atoms with Gasteiger partial charge in [-0.25, -0.2) is 9.18 Å². The van der Waals surface area contributed by atoms with Crippen LogP contribution < -0.4 is 5.32 Å². The first-order valence-corrected chi connectivity index (χ1v) is 5.73. The van der Waals surface area contributed by atoms with Crippen LogP contribution >= 0.6 is 0 Å². The minimum absolute atomic E-state index is 0.0879. The van der Waals surface area contributed by atoms with Crippen molar-refractivity contribution in [1.82, 2.24) is 4.98 Å². The number of carboxylic acids is 1. The molecule has 0 unspecified atom stereocenters. The topological polar surface area (TPSA) is 79.3 Å². The number of benzene rings is 1. The van der Waals surface area contributed by atoms with E-state index in [2.05, 4.69) is 10.3 Å². The van der Waals surface area contributed by atoms with E-state index in [0.29, 0.717) is 11.3 Å². The number of anilines is 1. The molecule has 1 aromatic heterocycles. The first kappa shape index (κ1) is 13.7. The summed E-state index contributed by atoms with van der Waals surface area (Å²) in [5.41, 5.74) is 1.20. The highest BCUT2D eigenvalue weighted by atomic mass is 19.1. The lowest BCUT2D eigenvalue weighted by atomic mass is 10.1. The molecule has 1 heterocycles. The summed E-state index contributed by atoms with van der Waals surface area (Å²) in [5.74, 6) is -2.15. The number of hydrogen-bond acceptors (Lipinski definition) is 3. The number of pyridine rings is 1. The number of aryl methyl sites for hydroxylation is 1. The second kappa shape index (κ2) is 5.48. The summed E-state index contributed by atoms with van der Waals surface area (Å²) >= 11 is 0. The summed E-state index contributed by atoms with van der Waals surface area (Å²) in [6, 6.07) is 5.48. The maximum absolute atomic E-state index is 13.0. The monoisotopic (exact) mass is 274 g/mol. The van der Waals surface area contributed by atoms with E-state index in [9.17, 15) is 14.0 Å². The van der Waals surface area contributed by atoms with Crippen LogP contribution in [-0.4, -0.2) is 22.0 Å². The van der Waals surface area contributed by atoms with Crippen LogP contribution in [0.2, 0.25) is 0 Å². The van der Waals surface area contributed by atoms with Crippen LogP contribution in [-0.2, 0) is 0 Å². The Morgan fingerprint density at radius 2 is 2.00 bits per heavy atom. The summed E-state index contributed by atoms with van der Waals surface area (Å²) in [4.78, 5) is 26.3. The molecule has 6 heteroatoms. The number of hydrogen-bond donors (Lipinski definition) is 2. The van der Waals surface area contributed by atoms with Crippen LogP contribution in [0.5, 0.6) is 0 Å². The molecule has 20 heavy (non-hydrogen) atoms. The number of carbonyl (C=O) groups is 2. The summed E-state index contributed by atoms with van der Waals surface area (Å²) in [5, 5.41) is 11.5. The molecule has 2 N–H and O–H groups in total. The summed E-state index contributed by atoms with van der Waals surface area (Å²) in [6.45, 7) is 1.63. The molecule has 0 bridgehead atoms. The van der Waals surface area contributed by atoms with Gasteiger partial charge in [0.2, 0.25) is 0 Å². The number of nitrogens with one attached hydrogen (secondary N) is 1. The highest BCUT2D eigenvalue weighted by molar-refractivity contribution is 6.04. The van der Waals surface area contributed by atoms with E-state index < -0.39 is 17.7 Å². The Kier molecular flexibility index (Phi) is 3.74. The highest BCUT2D eigenvalue weighted by Gasteiger charge is 2.10. The Bertz CT molecular complexity index is 686. The summed E-state index contributed by atoms with van der Waals surface area (Å²) < 4.78 is 13.0. The third-order valence-corrected chi connectivity index (χ3v) is 2.68. The molecule has 0 atom stereocenters. The van der Waals surface area contributed by atoms with E-state index in [0.717, 1.165) is 12.3 Å².